The molecule has 2 N–H and O–H groups in total. The molecule has 1 amide bonds. The van der Waals surface area contributed by atoms with Crippen LogP contribution in [0.5, 0.6) is 0 Å². The number of nitrogens with two attached hydrogens (primary N) is 1. The number of carbonyl (C=O) groups excluding carboxylic acids is 1. The molecule has 2 fully saturated rings. The number of rotatable bonds is 2. The number of fused-ring (bicyclic) bond motifs is 2. The van der Waals surface area contributed by atoms with Crippen LogP contribution in [-0.2, 0) is 4.79 Å². The van der Waals surface area contributed by atoms with Crippen molar-refractivity contribution in [3.8, 4) is 0 Å². The second-order valence-corrected chi connectivity index (χ2v) is 5.99. The lowest BCUT2D eigenvalue weighted by Gasteiger charge is -2.39. The first-order valence-electron chi connectivity index (χ1n) is 5.32. The molecule has 2 aliphatic carbocycles. The van der Waals surface area contributed by atoms with Crippen molar-refractivity contribution in [2.24, 2.45) is 22.5 Å². The molecule has 2 rings (SSSR count). The van der Waals surface area contributed by atoms with Gasteiger partial charge in [0.25, 0.3) is 0 Å². The minimum atomic E-state index is -0.203. The Morgan fingerprint density at radius 3 is 2.57 bits per heavy atom. The molecule has 0 aromatic rings. The highest BCUT2D eigenvalue weighted by atomic mass is 35.5. The molecule has 14 heavy (non-hydrogen) atoms. The molecule has 0 aliphatic heterocycles. The lowest BCUT2D eigenvalue weighted by atomic mass is 9.67. The van der Waals surface area contributed by atoms with Crippen LogP contribution in [0.3, 0.4) is 0 Å². The standard InChI is InChI=1S/C11H18ClNO/c1-10(2)7-3-4-11(10,6-9(13)14)8(12)5-7/h7-8H,3-6H2,1-2H3,(H2,13,14). The van der Waals surface area contributed by atoms with Gasteiger partial charge < -0.3 is 5.73 Å². The van der Waals surface area contributed by atoms with E-state index < -0.39 is 0 Å². The number of primary amides is 1. The van der Waals surface area contributed by atoms with E-state index >= 15 is 0 Å². The van der Waals surface area contributed by atoms with Crippen molar-refractivity contribution in [3.63, 3.8) is 0 Å². The molecule has 0 heterocycles. The molecular formula is C11H18ClNO. The molecule has 80 valence electrons. The molecule has 0 spiro atoms. The number of hydrogen-bond acceptors (Lipinski definition) is 1. The summed E-state index contributed by atoms with van der Waals surface area (Å²) in [5.41, 5.74) is 5.50. The van der Waals surface area contributed by atoms with Crippen molar-refractivity contribution in [1.29, 1.82) is 0 Å². The first-order chi connectivity index (χ1) is 6.40. The molecular weight excluding hydrogens is 198 g/mol. The van der Waals surface area contributed by atoms with Gasteiger partial charge in [-0.25, -0.2) is 0 Å². The highest BCUT2D eigenvalue weighted by Crippen LogP contribution is 2.68. The van der Waals surface area contributed by atoms with Crippen LogP contribution >= 0.6 is 11.6 Å². The average Bonchev–Trinajstić information content (AvgIpc) is 2.36. The number of halogens is 1. The predicted octanol–water partition coefficient (Wildman–Crippen LogP) is 2.30. The SMILES string of the molecule is CC1(C)C2CCC1(CC(N)=O)C(Cl)C2. The van der Waals surface area contributed by atoms with E-state index in [2.05, 4.69) is 13.8 Å². The predicted molar refractivity (Wildman–Crippen MR) is 57.0 cm³/mol. The summed E-state index contributed by atoms with van der Waals surface area (Å²) in [6.45, 7) is 4.49. The van der Waals surface area contributed by atoms with Gasteiger partial charge in [0.05, 0.1) is 0 Å². The third kappa shape index (κ3) is 1.06. The number of carbonyl (C=O) groups is 1. The van der Waals surface area contributed by atoms with Gasteiger partial charge in [0.1, 0.15) is 0 Å². The monoisotopic (exact) mass is 215 g/mol. The van der Waals surface area contributed by atoms with Crippen molar-refractivity contribution < 1.29 is 4.79 Å². The van der Waals surface area contributed by atoms with Gasteiger partial charge >= 0.3 is 0 Å². The Bertz CT molecular complexity index is 276. The Balaban J connectivity index is 2.34. The zero-order valence-corrected chi connectivity index (χ0v) is 9.60. The van der Waals surface area contributed by atoms with Gasteiger partial charge in [-0.2, -0.15) is 0 Å². The zero-order valence-electron chi connectivity index (χ0n) is 8.85. The molecule has 2 aliphatic rings. The van der Waals surface area contributed by atoms with Crippen LogP contribution < -0.4 is 5.73 Å². The highest BCUT2D eigenvalue weighted by molar-refractivity contribution is 6.21. The summed E-state index contributed by atoms with van der Waals surface area (Å²) in [7, 11) is 0. The molecule has 2 bridgehead atoms. The van der Waals surface area contributed by atoms with E-state index in [9.17, 15) is 4.79 Å². The largest absolute Gasteiger partial charge is 0.370 e. The molecule has 0 aromatic heterocycles. The molecule has 0 aromatic carbocycles. The summed E-state index contributed by atoms with van der Waals surface area (Å²) in [6.07, 6.45) is 3.80. The van der Waals surface area contributed by atoms with E-state index in [1.54, 1.807) is 0 Å². The van der Waals surface area contributed by atoms with Crippen LogP contribution in [0.1, 0.15) is 39.5 Å². The maximum atomic E-state index is 11.1. The molecule has 3 heteroatoms. The van der Waals surface area contributed by atoms with Gasteiger partial charge in [-0.3, -0.25) is 4.79 Å². The van der Waals surface area contributed by atoms with Crippen molar-refractivity contribution in [2.45, 2.75) is 44.9 Å². The number of amides is 1. The van der Waals surface area contributed by atoms with Crippen LogP contribution in [0, 0.1) is 16.7 Å². The molecule has 0 radical (unpaired) electrons. The Hall–Kier alpha value is -0.240. The topological polar surface area (TPSA) is 43.1 Å². The third-order valence-corrected chi connectivity index (χ3v) is 5.42. The highest BCUT2D eigenvalue weighted by Gasteiger charge is 2.63. The summed E-state index contributed by atoms with van der Waals surface area (Å²) in [5, 5.41) is 0.142. The Labute approximate surface area is 90.2 Å². The van der Waals surface area contributed by atoms with E-state index in [1.165, 1.54) is 6.42 Å². The van der Waals surface area contributed by atoms with Crippen molar-refractivity contribution in [1.82, 2.24) is 0 Å². The summed E-state index contributed by atoms with van der Waals surface area (Å²) >= 11 is 6.39. The minimum Gasteiger partial charge on any atom is -0.370 e. The molecule has 3 atom stereocenters. The van der Waals surface area contributed by atoms with Crippen molar-refractivity contribution in [3.05, 3.63) is 0 Å². The average molecular weight is 216 g/mol. The summed E-state index contributed by atoms with van der Waals surface area (Å²) in [6, 6.07) is 0. The zero-order chi connectivity index (χ0) is 10.6. The van der Waals surface area contributed by atoms with Crippen LogP contribution in [0.4, 0.5) is 0 Å². The van der Waals surface area contributed by atoms with Gasteiger partial charge in [-0.15, -0.1) is 11.6 Å². The van der Waals surface area contributed by atoms with Crippen molar-refractivity contribution in [2.75, 3.05) is 0 Å². The third-order valence-electron chi connectivity index (χ3n) is 4.82. The quantitative estimate of drug-likeness (QED) is 0.706. The fourth-order valence-corrected chi connectivity index (χ4v) is 4.39. The van der Waals surface area contributed by atoms with Crippen LogP contribution in [-0.4, -0.2) is 11.3 Å². The molecule has 2 nitrogen and oxygen atoms in total. The normalized spacial score (nSPS) is 44.2. The second kappa shape index (κ2) is 2.88. The van der Waals surface area contributed by atoms with Crippen LogP contribution in [0.25, 0.3) is 0 Å². The van der Waals surface area contributed by atoms with Gasteiger partial charge in [0.2, 0.25) is 5.91 Å². The first kappa shape index (κ1) is 10.3. The van der Waals surface area contributed by atoms with Crippen molar-refractivity contribution >= 4 is 17.5 Å². The lowest BCUT2D eigenvalue weighted by molar-refractivity contribution is -0.121. The fourth-order valence-electron chi connectivity index (χ4n) is 3.71. The number of alkyl halides is 1. The van der Waals surface area contributed by atoms with Gasteiger partial charge in [0.15, 0.2) is 0 Å². The Kier molecular flexibility index (Phi) is 2.11. The van der Waals surface area contributed by atoms with Crippen LogP contribution in [0.2, 0.25) is 0 Å². The van der Waals surface area contributed by atoms with Gasteiger partial charge in [0, 0.05) is 17.2 Å². The lowest BCUT2D eigenvalue weighted by Crippen LogP contribution is -2.39. The minimum absolute atomic E-state index is 0.0228. The summed E-state index contributed by atoms with van der Waals surface area (Å²) in [5.74, 6) is 0.482. The number of hydrogen-bond donors (Lipinski definition) is 1. The fraction of sp³-hybridized carbons (Fsp3) is 0.909. The van der Waals surface area contributed by atoms with E-state index in [4.69, 9.17) is 17.3 Å². The van der Waals surface area contributed by atoms with Gasteiger partial charge in [-0.1, -0.05) is 13.8 Å². The Morgan fingerprint density at radius 1 is 1.57 bits per heavy atom. The summed E-state index contributed by atoms with van der Waals surface area (Å²) in [4.78, 5) is 11.1. The van der Waals surface area contributed by atoms with Crippen LogP contribution in [0.15, 0.2) is 0 Å². The maximum absolute atomic E-state index is 11.1. The van der Waals surface area contributed by atoms with E-state index in [-0.39, 0.29) is 22.1 Å². The maximum Gasteiger partial charge on any atom is 0.218 e. The summed E-state index contributed by atoms with van der Waals surface area (Å²) < 4.78 is 0. The van der Waals surface area contributed by atoms with E-state index in [1.807, 2.05) is 0 Å². The smallest absolute Gasteiger partial charge is 0.218 e. The van der Waals surface area contributed by atoms with E-state index in [0.29, 0.717) is 12.3 Å². The second-order valence-electron chi connectivity index (χ2n) is 5.46. The molecule has 2 saturated carbocycles. The van der Waals surface area contributed by atoms with Gasteiger partial charge in [-0.05, 0) is 30.6 Å². The molecule has 3 unspecified atom stereocenters. The van der Waals surface area contributed by atoms with E-state index in [0.717, 1.165) is 12.8 Å². The molecule has 0 saturated heterocycles. The first-order valence-corrected chi connectivity index (χ1v) is 5.76. The Morgan fingerprint density at radius 2 is 2.21 bits per heavy atom.